The second kappa shape index (κ2) is 9.27. The van der Waals surface area contributed by atoms with Gasteiger partial charge in [-0.3, -0.25) is 4.90 Å². The van der Waals surface area contributed by atoms with E-state index in [1.54, 1.807) is 0 Å². The summed E-state index contributed by atoms with van der Waals surface area (Å²) in [5.41, 5.74) is 2.67. The monoisotopic (exact) mass is 384 g/mol. The predicted molar refractivity (Wildman–Crippen MR) is 114 cm³/mol. The van der Waals surface area contributed by atoms with Crippen molar-refractivity contribution in [1.82, 2.24) is 15.5 Å². The van der Waals surface area contributed by atoms with Gasteiger partial charge in [-0.1, -0.05) is 31.2 Å². The number of rotatable bonds is 6. The Balaban J connectivity index is 1.29. The van der Waals surface area contributed by atoms with Crippen molar-refractivity contribution < 1.29 is 4.74 Å². The van der Waals surface area contributed by atoms with Gasteiger partial charge in [0.2, 0.25) is 0 Å². The van der Waals surface area contributed by atoms with E-state index < -0.39 is 0 Å². The highest BCUT2D eigenvalue weighted by molar-refractivity contribution is 5.80. The third-order valence-electron chi connectivity index (χ3n) is 6.50. The van der Waals surface area contributed by atoms with Crippen molar-refractivity contribution in [2.45, 2.75) is 77.3 Å². The average molecular weight is 385 g/mol. The zero-order valence-electron chi connectivity index (χ0n) is 17.5. The Kier molecular flexibility index (Phi) is 6.53. The van der Waals surface area contributed by atoms with Crippen LogP contribution in [0.2, 0.25) is 0 Å². The second-order valence-corrected chi connectivity index (χ2v) is 8.83. The van der Waals surface area contributed by atoms with Gasteiger partial charge in [0.25, 0.3) is 0 Å². The van der Waals surface area contributed by atoms with Crippen LogP contribution >= 0.6 is 0 Å². The molecular formula is C23H36N4O. The number of aliphatic imine (C=N–C) groups is 1. The minimum atomic E-state index is 0.367. The number of piperidine rings is 1. The molecule has 0 saturated carbocycles. The molecule has 3 saturated heterocycles. The maximum Gasteiger partial charge on any atom is 0.191 e. The summed E-state index contributed by atoms with van der Waals surface area (Å²) in [7, 11) is 0. The van der Waals surface area contributed by atoms with Gasteiger partial charge in [0.1, 0.15) is 0 Å². The molecule has 3 unspecified atom stereocenters. The first-order chi connectivity index (χ1) is 13.7. The van der Waals surface area contributed by atoms with Crippen molar-refractivity contribution in [2.24, 2.45) is 10.9 Å². The highest BCUT2D eigenvalue weighted by Crippen LogP contribution is 2.34. The molecule has 0 amide bonds. The lowest BCUT2D eigenvalue weighted by Gasteiger charge is -2.30. The van der Waals surface area contributed by atoms with Crippen molar-refractivity contribution in [1.29, 1.82) is 0 Å². The molecule has 1 aromatic rings. The number of hydrogen-bond acceptors (Lipinski definition) is 3. The first-order valence-electron chi connectivity index (χ1n) is 11.2. The maximum absolute atomic E-state index is 5.96. The predicted octanol–water partition coefficient (Wildman–Crippen LogP) is 3.29. The van der Waals surface area contributed by atoms with E-state index in [1.165, 1.54) is 49.9 Å². The van der Waals surface area contributed by atoms with Crippen LogP contribution in [0.4, 0.5) is 0 Å². The van der Waals surface area contributed by atoms with E-state index >= 15 is 0 Å². The van der Waals surface area contributed by atoms with Crippen LogP contribution in [-0.4, -0.2) is 48.7 Å². The lowest BCUT2D eigenvalue weighted by Crippen LogP contribution is -2.47. The third-order valence-corrected chi connectivity index (χ3v) is 6.50. The standard InChI is InChI=1S/C23H36N4O/c1-3-24-23(26-21-14-20-8-9-22(21)28-20)25-15-18-4-6-19(7-5-18)16-27-12-10-17(2)11-13-27/h4-7,17,20-22H,3,8-16H2,1-2H3,(H2,24,25,26). The Bertz CT molecular complexity index is 651. The normalized spacial score (nSPS) is 28.6. The summed E-state index contributed by atoms with van der Waals surface area (Å²) in [6.45, 7) is 9.61. The number of hydrogen-bond donors (Lipinski definition) is 2. The third kappa shape index (κ3) is 5.06. The molecule has 4 rings (SSSR count). The number of nitrogens with one attached hydrogen (secondary N) is 2. The molecule has 0 aliphatic carbocycles. The Labute approximate surface area is 169 Å². The first kappa shape index (κ1) is 19.7. The minimum absolute atomic E-state index is 0.367. The van der Waals surface area contributed by atoms with E-state index in [0.717, 1.165) is 31.4 Å². The van der Waals surface area contributed by atoms with Gasteiger partial charge in [-0.15, -0.1) is 0 Å². The molecule has 3 aliphatic heterocycles. The van der Waals surface area contributed by atoms with Gasteiger partial charge in [-0.2, -0.15) is 0 Å². The van der Waals surface area contributed by atoms with E-state index in [0.29, 0.717) is 24.8 Å². The van der Waals surface area contributed by atoms with Crippen LogP contribution in [-0.2, 0) is 17.8 Å². The molecule has 28 heavy (non-hydrogen) atoms. The molecular weight excluding hydrogens is 348 g/mol. The lowest BCUT2D eigenvalue weighted by molar-refractivity contribution is 0.0992. The van der Waals surface area contributed by atoms with Gasteiger partial charge in [-0.25, -0.2) is 4.99 Å². The van der Waals surface area contributed by atoms with E-state index in [-0.39, 0.29) is 0 Å². The van der Waals surface area contributed by atoms with Crippen LogP contribution in [0.3, 0.4) is 0 Å². The van der Waals surface area contributed by atoms with Crippen molar-refractivity contribution >= 4 is 5.96 Å². The Hall–Kier alpha value is -1.59. The molecule has 0 spiro atoms. The summed E-state index contributed by atoms with van der Waals surface area (Å²) in [6, 6.07) is 9.41. The highest BCUT2D eigenvalue weighted by Gasteiger charge is 2.41. The molecule has 5 nitrogen and oxygen atoms in total. The second-order valence-electron chi connectivity index (χ2n) is 8.83. The smallest absolute Gasteiger partial charge is 0.191 e. The van der Waals surface area contributed by atoms with Crippen LogP contribution in [0.1, 0.15) is 57.1 Å². The van der Waals surface area contributed by atoms with Gasteiger partial charge < -0.3 is 15.4 Å². The quantitative estimate of drug-likeness (QED) is 0.584. The number of guanidine groups is 1. The summed E-state index contributed by atoms with van der Waals surface area (Å²) >= 11 is 0. The zero-order chi connectivity index (χ0) is 19.3. The average Bonchev–Trinajstić information content (AvgIpc) is 3.32. The van der Waals surface area contributed by atoms with Gasteiger partial charge in [0, 0.05) is 13.1 Å². The van der Waals surface area contributed by atoms with Crippen LogP contribution < -0.4 is 10.6 Å². The molecule has 0 aromatic heterocycles. The maximum atomic E-state index is 5.96. The molecule has 154 valence electrons. The molecule has 3 fully saturated rings. The number of benzene rings is 1. The Morgan fingerprint density at radius 3 is 2.50 bits per heavy atom. The summed E-state index contributed by atoms with van der Waals surface area (Å²) < 4.78 is 5.96. The zero-order valence-corrected chi connectivity index (χ0v) is 17.5. The fourth-order valence-electron chi connectivity index (χ4n) is 4.68. The van der Waals surface area contributed by atoms with Crippen LogP contribution in [0.25, 0.3) is 0 Å². The van der Waals surface area contributed by atoms with Crippen molar-refractivity contribution in [3.05, 3.63) is 35.4 Å². The fourth-order valence-corrected chi connectivity index (χ4v) is 4.68. The van der Waals surface area contributed by atoms with Crippen molar-refractivity contribution in [3.63, 3.8) is 0 Å². The lowest BCUT2D eigenvalue weighted by atomic mass is 9.96. The molecule has 5 heteroatoms. The molecule has 3 aliphatic rings. The number of likely N-dealkylation sites (tertiary alicyclic amines) is 1. The van der Waals surface area contributed by atoms with Crippen LogP contribution in [0, 0.1) is 5.92 Å². The Morgan fingerprint density at radius 2 is 1.86 bits per heavy atom. The van der Waals surface area contributed by atoms with Gasteiger partial charge in [-0.05, 0) is 69.2 Å². The molecule has 3 heterocycles. The van der Waals surface area contributed by atoms with Crippen molar-refractivity contribution in [3.8, 4) is 0 Å². The number of nitrogens with zero attached hydrogens (tertiary/aromatic N) is 2. The van der Waals surface area contributed by atoms with E-state index in [4.69, 9.17) is 9.73 Å². The molecule has 1 aromatic carbocycles. The van der Waals surface area contributed by atoms with Crippen molar-refractivity contribution in [2.75, 3.05) is 19.6 Å². The first-order valence-corrected chi connectivity index (χ1v) is 11.2. The summed E-state index contributed by atoms with van der Waals surface area (Å²) in [5, 5.41) is 6.98. The molecule has 0 radical (unpaired) electrons. The molecule has 2 bridgehead atoms. The van der Waals surface area contributed by atoms with Crippen LogP contribution in [0.5, 0.6) is 0 Å². The van der Waals surface area contributed by atoms with Gasteiger partial charge in [0.15, 0.2) is 5.96 Å². The fraction of sp³-hybridized carbons (Fsp3) is 0.696. The topological polar surface area (TPSA) is 48.9 Å². The summed E-state index contributed by atoms with van der Waals surface area (Å²) in [5.74, 6) is 1.80. The molecule has 2 N–H and O–H groups in total. The minimum Gasteiger partial charge on any atom is -0.373 e. The summed E-state index contributed by atoms with van der Waals surface area (Å²) in [6.07, 6.45) is 7.01. The van der Waals surface area contributed by atoms with Crippen LogP contribution in [0.15, 0.2) is 29.3 Å². The largest absolute Gasteiger partial charge is 0.373 e. The van der Waals surface area contributed by atoms with E-state index in [2.05, 4.69) is 53.6 Å². The van der Waals surface area contributed by atoms with E-state index in [9.17, 15) is 0 Å². The molecule has 3 atom stereocenters. The SMILES string of the molecule is CCNC(=NCc1ccc(CN2CCC(C)CC2)cc1)NC1CC2CCC1O2. The number of ether oxygens (including phenoxy) is 1. The number of fused-ring (bicyclic) bond motifs is 2. The highest BCUT2D eigenvalue weighted by atomic mass is 16.5. The van der Waals surface area contributed by atoms with Gasteiger partial charge in [0.05, 0.1) is 24.8 Å². The summed E-state index contributed by atoms with van der Waals surface area (Å²) in [4.78, 5) is 7.39. The van der Waals surface area contributed by atoms with E-state index in [1.807, 2.05) is 0 Å². The van der Waals surface area contributed by atoms with Gasteiger partial charge >= 0.3 is 0 Å². The Morgan fingerprint density at radius 1 is 1.11 bits per heavy atom.